The highest BCUT2D eigenvalue weighted by molar-refractivity contribution is 5.97. The smallest absolute Gasteiger partial charge is 0.322 e. The average molecular weight is 508 g/mol. The molecule has 9 heteroatoms. The molecule has 0 aliphatic heterocycles. The highest BCUT2D eigenvalue weighted by atomic mass is 16.5. The van der Waals surface area contributed by atoms with E-state index in [-0.39, 0.29) is 17.9 Å². The van der Waals surface area contributed by atoms with Gasteiger partial charge in [-0.1, -0.05) is 45.9 Å². The fraction of sp³-hybridized carbons (Fsp3) is 0.393. The van der Waals surface area contributed by atoms with E-state index in [9.17, 15) is 9.59 Å². The highest BCUT2D eigenvalue weighted by Crippen LogP contribution is 2.30. The summed E-state index contributed by atoms with van der Waals surface area (Å²) in [5.74, 6) is 1.31. The first kappa shape index (κ1) is 27.6. The van der Waals surface area contributed by atoms with Crippen LogP contribution in [0, 0.1) is 6.92 Å². The maximum absolute atomic E-state index is 13.2. The van der Waals surface area contributed by atoms with Crippen LogP contribution >= 0.6 is 0 Å². The number of amides is 3. The first-order valence-corrected chi connectivity index (χ1v) is 12.3. The van der Waals surface area contributed by atoms with Crippen LogP contribution in [0.5, 0.6) is 11.5 Å². The van der Waals surface area contributed by atoms with Gasteiger partial charge in [0.15, 0.2) is 0 Å². The van der Waals surface area contributed by atoms with Crippen LogP contribution in [0.1, 0.15) is 45.4 Å². The van der Waals surface area contributed by atoms with Gasteiger partial charge in [0.2, 0.25) is 5.91 Å². The molecule has 1 aromatic heterocycles. The Morgan fingerprint density at radius 1 is 1.03 bits per heavy atom. The number of nitrogens with one attached hydrogen (secondary N) is 2. The summed E-state index contributed by atoms with van der Waals surface area (Å²) < 4.78 is 12.4. The van der Waals surface area contributed by atoms with E-state index < -0.39 is 6.03 Å². The molecule has 0 aliphatic carbocycles. The van der Waals surface area contributed by atoms with E-state index in [4.69, 9.17) is 14.6 Å². The van der Waals surface area contributed by atoms with Gasteiger partial charge in [-0.3, -0.25) is 4.79 Å². The molecule has 37 heavy (non-hydrogen) atoms. The third-order valence-electron chi connectivity index (χ3n) is 5.85. The summed E-state index contributed by atoms with van der Waals surface area (Å²) in [6.45, 7) is 10.5. The molecule has 2 aromatic carbocycles. The van der Waals surface area contributed by atoms with Crippen LogP contribution in [-0.4, -0.2) is 53.9 Å². The molecule has 3 rings (SSSR count). The third-order valence-corrected chi connectivity index (χ3v) is 5.85. The fourth-order valence-electron chi connectivity index (χ4n) is 3.80. The molecule has 3 aromatic rings. The molecular formula is C28H37N5O4. The number of urea groups is 1. The Hall–Kier alpha value is -4.01. The molecule has 0 fully saturated rings. The lowest BCUT2D eigenvalue weighted by Crippen LogP contribution is -2.41. The van der Waals surface area contributed by atoms with Crippen molar-refractivity contribution in [1.82, 2.24) is 14.7 Å². The van der Waals surface area contributed by atoms with Crippen molar-refractivity contribution in [2.75, 3.05) is 37.9 Å². The van der Waals surface area contributed by atoms with Crippen LogP contribution in [0.15, 0.2) is 48.5 Å². The number of para-hydroxylation sites is 1. The number of hydrogen-bond acceptors (Lipinski definition) is 5. The van der Waals surface area contributed by atoms with Crippen molar-refractivity contribution in [3.05, 3.63) is 59.8 Å². The van der Waals surface area contributed by atoms with Crippen molar-refractivity contribution in [3.8, 4) is 17.2 Å². The number of carbonyl (C=O) groups excluding carboxylic acids is 2. The minimum Gasteiger partial charge on any atom is -0.497 e. The Kier molecular flexibility index (Phi) is 8.81. The molecule has 0 atom stereocenters. The predicted octanol–water partition coefficient (Wildman–Crippen LogP) is 5.38. The molecule has 3 amide bonds. The largest absolute Gasteiger partial charge is 0.497 e. The maximum Gasteiger partial charge on any atom is 0.322 e. The summed E-state index contributed by atoms with van der Waals surface area (Å²) in [6, 6.07) is 14.5. The number of ether oxygens (including phenoxy) is 2. The molecule has 0 saturated heterocycles. The number of nitrogens with zero attached hydrogens (tertiary/aromatic N) is 3. The molecule has 198 valence electrons. The fourth-order valence-corrected chi connectivity index (χ4v) is 3.80. The van der Waals surface area contributed by atoms with Crippen molar-refractivity contribution in [2.45, 2.75) is 46.5 Å². The van der Waals surface area contributed by atoms with Gasteiger partial charge in [-0.25, -0.2) is 9.48 Å². The van der Waals surface area contributed by atoms with E-state index in [0.29, 0.717) is 36.0 Å². The second-order valence-corrected chi connectivity index (χ2v) is 9.83. The number of anilines is 2. The van der Waals surface area contributed by atoms with Gasteiger partial charge >= 0.3 is 6.03 Å². The lowest BCUT2D eigenvalue weighted by molar-refractivity contribution is -0.116. The molecule has 0 aliphatic rings. The first-order chi connectivity index (χ1) is 17.6. The Balaban J connectivity index is 1.81. The van der Waals surface area contributed by atoms with E-state index in [1.807, 2.05) is 44.2 Å². The minimum absolute atomic E-state index is 0.123. The molecule has 0 saturated carbocycles. The number of aromatic nitrogens is 2. The summed E-state index contributed by atoms with van der Waals surface area (Å²) >= 11 is 0. The quantitative estimate of drug-likeness (QED) is 0.405. The van der Waals surface area contributed by atoms with Crippen molar-refractivity contribution in [1.29, 1.82) is 0 Å². The second-order valence-electron chi connectivity index (χ2n) is 9.83. The Labute approximate surface area is 218 Å². The standard InChI is InChI=1S/C28H37N5O4/c1-8-15-32(27(35)29-21-14-13-20(36-6)16-23(21)37-7)18-26(34)30-25-17-24(28(3,4)5)31-33(25)22-12-10-9-11-19(22)2/h9-14,16-17H,8,15,18H2,1-7H3,(H,29,35)(H,30,34). The Bertz CT molecular complexity index is 1250. The third kappa shape index (κ3) is 6.81. The van der Waals surface area contributed by atoms with Crippen molar-refractivity contribution < 1.29 is 19.1 Å². The van der Waals surface area contributed by atoms with Crippen LogP contribution < -0.4 is 20.1 Å². The van der Waals surface area contributed by atoms with Gasteiger partial charge in [0, 0.05) is 24.1 Å². The zero-order chi connectivity index (χ0) is 27.2. The lowest BCUT2D eigenvalue weighted by atomic mass is 9.92. The van der Waals surface area contributed by atoms with Gasteiger partial charge in [-0.05, 0) is 37.1 Å². The molecule has 1 heterocycles. The zero-order valence-corrected chi connectivity index (χ0v) is 22.7. The number of hydrogen-bond donors (Lipinski definition) is 2. The van der Waals surface area contributed by atoms with Gasteiger partial charge in [0.05, 0.1) is 31.3 Å². The molecule has 2 N–H and O–H groups in total. The lowest BCUT2D eigenvalue weighted by Gasteiger charge is -2.23. The SMILES string of the molecule is CCCN(CC(=O)Nc1cc(C(C)(C)C)nn1-c1ccccc1C)C(=O)Nc1ccc(OC)cc1OC. The van der Waals surface area contributed by atoms with Crippen molar-refractivity contribution >= 4 is 23.4 Å². The number of aryl methyl sites for hydroxylation is 1. The maximum atomic E-state index is 13.2. The zero-order valence-electron chi connectivity index (χ0n) is 22.7. The minimum atomic E-state index is -0.400. The average Bonchev–Trinajstić information content (AvgIpc) is 3.28. The van der Waals surface area contributed by atoms with Crippen molar-refractivity contribution in [2.24, 2.45) is 0 Å². The van der Waals surface area contributed by atoms with Crippen LogP contribution in [0.3, 0.4) is 0 Å². The molecule has 0 unspecified atom stereocenters. The van der Waals surface area contributed by atoms with Crippen LogP contribution in [0.25, 0.3) is 5.69 Å². The summed E-state index contributed by atoms with van der Waals surface area (Å²) in [6.07, 6.45) is 0.690. The van der Waals surface area contributed by atoms with E-state index in [0.717, 1.165) is 16.9 Å². The van der Waals surface area contributed by atoms with E-state index >= 15 is 0 Å². The molecule has 9 nitrogen and oxygen atoms in total. The number of rotatable bonds is 9. The first-order valence-electron chi connectivity index (χ1n) is 12.3. The van der Waals surface area contributed by atoms with Gasteiger partial charge in [0.25, 0.3) is 0 Å². The molecule has 0 radical (unpaired) electrons. The van der Waals surface area contributed by atoms with Crippen LogP contribution in [0.2, 0.25) is 0 Å². The van der Waals surface area contributed by atoms with E-state index in [1.54, 1.807) is 30.0 Å². The highest BCUT2D eigenvalue weighted by Gasteiger charge is 2.24. The van der Waals surface area contributed by atoms with Crippen LogP contribution in [0.4, 0.5) is 16.3 Å². The summed E-state index contributed by atoms with van der Waals surface area (Å²) in [5, 5.41) is 10.6. The van der Waals surface area contributed by atoms with Gasteiger partial charge in [0.1, 0.15) is 23.9 Å². The van der Waals surface area contributed by atoms with Gasteiger partial charge in [-0.15, -0.1) is 0 Å². The number of benzene rings is 2. The monoisotopic (exact) mass is 507 g/mol. The Morgan fingerprint density at radius 3 is 2.38 bits per heavy atom. The molecule has 0 bridgehead atoms. The number of carbonyl (C=O) groups is 2. The predicted molar refractivity (Wildman–Crippen MR) is 146 cm³/mol. The van der Waals surface area contributed by atoms with Crippen molar-refractivity contribution in [3.63, 3.8) is 0 Å². The summed E-state index contributed by atoms with van der Waals surface area (Å²) in [7, 11) is 3.08. The summed E-state index contributed by atoms with van der Waals surface area (Å²) in [5.41, 5.74) is 3.03. The van der Waals surface area contributed by atoms with E-state index in [2.05, 4.69) is 31.4 Å². The van der Waals surface area contributed by atoms with Gasteiger partial charge in [-0.2, -0.15) is 5.10 Å². The second kappa shape index (κ2) is 11.8. The van der Waals surface area contributed by atoms with E-state index in [1.165, 1.54) is 12.0 Å². The van der Waals surface area contributed by atoms with Crippen LogP contribution in [-0.2, 0) is 10.2 Å². The molecule has 0 spiro atoms. The topological polar surface area (TPSA) is 97.7 Å². The summed E-state index contributed by atoms with van der Waals surface area (Å²) in [4.78, 5) is 27.8. The Morgan fingerprint density at radius 2 is 1.76 bits per heavy atom. The normalized spacial score (nSPS) is 11.1. The van der Waals surface area contributed by atoms with Gasteiger partial charge < -0.3 is 25.0 Å². The number of methoxy groups -OCH3 is 2. The molecular weight excluding hydrogens is 470 g/mol.